The van der Waals surface area contributed by atoms with E-state index >= 15 is 0 Å². The van der Waals surface area contributed by atoms with Crippen LogP contribution in [0.4, 0.5) is 4.39 Å². The molecule has 3 heterocycles. The highest BCUT2D eigenvalue weighted by Gasteiger charge is 2.25. The van der Waals surface area contributed by atoms with Gasteiger partial charge in [0.25, 0.3) is 0 Å². The lowest BCUT2D eigenvalue weighted by Gasteiger charge is -2.31. The minimum absolute atomic E-state index is 0.296. The first-order chi connectivity index (χ1) is 14.8. The van der Waals surface area contributed by atoms with Gasteiger partial charge >= 0.3 is 0 Å². The van der Waals surface area contributed by atoms with Crippen LogP contribution in [0.3, 0.4) is 0 Å². The average Bonchev–Trinajstić information content (AvgIpc) is 3.20. The van der Waals surface area contributed by atoms with Crippen LogP contribution in [0, 0.1) is 5.82 Å². The minimum Gasteiger partial charge on any atom is -0.493 e. The van der Waals surface area contributed by atoms with E-state index in [1.54, 1.807) is 6.07 Å². The zero-order valence-corrected chi connectivity index (χ0v) is 16.6. The summed E-state index contributed by atoms with van der Waals surface area (Å²) in [5.41, 5.74) is 1.49. The molecule has 1 aromatic heterocycles. The molecule has 6 nitrogen and oxygen atoms in total. The molecular weight excluding hydrogens is 387 g/mol. The molecule has 3 aromatic rings. The molecule has 0 saturated carbocycles. The zero-order chi connectivity index (χ0) is 20.3. The molecule has 1 saturated heterocycles. The molecule has 0 N–H and O–H groups in total. The molecule has 0 radical (unpaired) electrons. The SMILES string of the molecule is Fc1ccc2c(C3CCN(CCCOc4ccc5c(c4)OC=CO5)CC3)noc2c1. The first-order valence-corrected chi connectivity index (χ1v) is 10.3. The Hall–Kier alpha value is -3.06. The summed E-state index contributed by atoms with van der Waals surface area (Å²) in [5, 5.41) is 5.15. The van der Waals surface area contributed by atoms with Gasteiger partial charge in [0.1, 0.15) is 24.1 Å². The molecule has 2 aliphatic rings. The van der Waals surface area contributed by atoms with Gasteiger partial charge in [-0.3, -0.25) is 0 Å². The van der Waals surface area contributed by atoms with Gasteiger partial charge in [-0.25, -0.2) is 4.39 Å². The lowest BCUT2D eigenvalue weighted by Crippen LogP contribution is -2.34. The number of fused-ring (bicyclic) bond motifs is 2. The molecule has 5 rings (SSSR count). The van der Waals surface area contributed by atoms with E-state index in [2.05, 4.69) is 10.1 Å². The summed E-state index contributed by atoms with van der Waals surface area (Å²) in [6, 6.07) is 10.2. The normalized spacial score (nSPS) is 16.8. The van der Waals surface area contributed by atoms with Crippen LogP contribution in [0.25, 0.3) is 11.0 Å². The molecule has 30 heavy (non-hydrogen) atoms. The summed E-state index contributed by atoms with van der Waals surface area (Å²) in [5.74, 6) is 2.20. The number of ether oxygens (including phenoxy) is 3. The predicted octanol–water partition coefficient (Wildman–Crippen LogP) is 4.86. The number of nitrogens with zero attached hydrogens (tertiary/aromatic N) is 2. The standard InChI is InChI=1S/C23H23FN2O4/c24-17-2-4-19-21(14-17)30-25-23(19)16-6-9-26(10-7-16)8-1-11-27-18-3-5-20-22(15-18)29-13-12-28-20/h2-5,12-16H,1,6-11H2. The number of halogens is 1. The molecule has 0 atom stereocenters. The van der Waals surface area contributed by atoms with Crippen LogP contribution >= 0.6 is 0 Å². The van der Waals surface area contributed by atoms with Crippen LogP contribution in [-0.2, 0) is 0 Å². The summed E-state index contributed by atoms with van der Waals surface area (Å²) >= 11 is 0. The largest absolute Gasteiger partial charge is 0.493 e. The van der Waals surface area contributed by atoms with Gasteiger partial charge in [-0.2, -0.15) is 0 Å². The fourth-order valence-electron chi connectivity index (χ4n) is 4.10. The van der Waals surface area contributed by atoms with Crippen molar-refractivity contribution < 1.29 is 23.1 Å². The number of benzene rings is 2. The van der Waals surface area contributed by atoms with Gasteiger partial charge in [0.15, 0.2) is 17.1 Å². The van der Waals surface area contributed by atoms with Crippen molar-refractivity contribution in [2.75, 3.05) is 26.2 Å². The van der Waals surface area contributed by atoms with E-state index in [-0.39, 0.29) is 5.82 Å². The lowest BCUT2D eigenvalue weighted by molar-refractivity contribution is 0.190. The topological polar surface area (TPSA) is 57.0 Å². The molecule has 0 aliphatic carbocycles. The van der Waals surface area contributed by atoms with Gasteiger partial charge in [0.05, 0.1) is 12.3 Å². The van der Waals surface area contributed by atoms with Gasteiger partial charge in [-0.1, -0.05) is 5.16 Å². The van der Waals surface area contributed by atoms with E-state index in [1.165, 1.54) is 24.7 Å². The van der Waals surface area contributed by atoms with Gasteiger partial charge in [-0.15, -0.1) is 0 Å². The minimum atomic E-state index is -0.296. The Bertz CT molecular complexity index is 1060. The van der Waals surface area contributed by atoms with Gasteiger partial charge in [0, 0.05) is 30.0 Å². The zero-order valence-electron chi connectivity index (χ0n) is 16.6. The van der Waals surface area contributed by atoms with E-state index in [0.717, 1.165) is 55.7 Å². The molecule has 1 fully saturated rings. The van der Waals surface area contributed by atoms with Gasteiger partial charge in [0.2, 0.25) is 0 Å². The van der Waals surface area contributed by atoms with E-state index in [9.17, 15) is 4.39 Å². The fraction of sp³-hybridized carbons (Fsp3) is 0.348. The number of rotatable bonds is 6. The molecule has 0 spiro atoms. The highest BCUT2D eigenvalue weighted by Crippen LogP contribution is 2.34. The summed E-state index contributed by atoms with van der Waals surface area (Å²) in [7, 11) is 0. The van der Waals surface area contributed by atoms with Crippen LogP contribution in [0.2, 0.25) is 0 Å². The first kappa shape index (κ1) is 18.9. The summed E-state index contributed by atoms with van der Waals surface area (Å²) in [4.78, 5) is 2.45. The van der Waals surface area contributed by atoms with E-state index in [0.29, 0.717) is 29.6 Å². The Morgan fingerprint density at radius 3 is 2.73 bits per heavy atom. The molecule has 2 aliphatic heterocycles. The molecule has 156 valence electrons. The van der Waals surface area contributed by atoms with Crippen LogP contribution < -0.4 is 14.2 Å². The molecule has 7 heteroatoms. The van der Waals surface area contributed by atoms with Crippen molar-refractivity contribution in [1.82, 2.24) is 10.1 Å². The second-order valence-electron chi connectivity index (χ2n) is 7.64. The highest BCUT2D eigenvalue weighted by atomic mass is 19.1. The van der Waals surface area contributed by atoms with Crippen LogP contribution in [0.15, 0.2) is 53.4 Å². The molecule has 0 unspecified atom stereocenters. The molecule has 2 aromatic carbocycles. The van der Waals surface area contributed by atoms with Gasteiger partial charge < -0.3 is 23.6 Å². The van der Waals surface area contributed by atoms with Crippen LogP contribution in [-0.4, -0.2) is 36.3 Å². The maximum atomic E-state index is 13.4. The highest BCUT2D eigenvalue weighted by molar-refractivity contribution is 5.79. The maximum Gasteiger partial charge on any atom is 0.172 e. The fourth-order valence-corrected chi connectivity index (χ4v) is 4.10. The van der Waals surface area contributed by atoms with Crippen molar-refractivity contribution in [2.24, 2.45) is 0 Å². The first-order valence-electron chi connectivity index (χ1n) is 10.3. The van der Waals surface area contributed by atoms with E-state index in [1.807, 2.05) is 18.2 Å². The second-order valence-corrected chi connectivity index (χ2v) is 7.64. The summed E-state index contributed by atoms with van der Waals surface area (Å²) in [6.45, 7) is 3.66. The smallest absolute Gasteiger partial charge is 0.172 e. The van der Waals surface area contributed by atoms with Gasteiger partial charge in [-0.05, 0) is 56.6 Å². The Morgan fingerprint density at radius 1 is 1.03 bits per heavy atom. The van der Waals surface area contributed by atoms with Crippen LogP contribution in [0.1, 0.15) is 30.9 Å². The van der Waals surface area contributed by atoms with E-state index in [4.69, 9.17) is 18.7 Å². The monoisotopic (exact) mass is 410 g/mol. The predicted molar refractivity (Wildman–Crippen MR) is 109 cm³/mol. The summed E-state index contributed by atoms with van der Waals surface area (Å²) < 4.78 is 35.3. The number of hydrogen-bond donors (Lipinski definition) is 0. The van der Waals surface area contributed by atoms with Crippen molar-refractivity contribution in [3.05, 3.63) is 60.4 Å². The third-order valence-corrected chi connectivity index (χ3v) is 5.68. The van der Waals surface area contributed by atoms with E-state index < -0.39 is 0 Å². The summed E-state index contributed by atoms with van der Waals surface area (Å²) in [6.07, 6.45) is 6.02. The van der Waals surface area contributed by atoms with Crippen molar-refractivity contribution in [2.45, 2.75) is 25.2 Å². The number of aromatic nitrogens is 1. The Kier molecular flexibility index (Phi) is 5.27. The van der Waals surface area contributed by atoms with Crippen molar-refractivity contribution in [1.29, 1.82) is 0 Å². The van der Waals surface area contributed by atoms with Crippen molar-refractivity contribution >= 4 is 11.0 Å². The average molecular weight is 410 g/mol. The van der Waals surface area contributed by atoms with Crippen LogP contribution in [0.5, 0.6) is 17.2 Å². The molecular formula is C23H23FN2O4. The molecule has 0 bridgehead atoms. The number of piperidine rings is 1. The second kappa shape index (κ2) is 8.36. The Labute approximate surface area is 173 Å². The third kappa shape index (κ3) is 3.98. The lowest BCUT2D eigenvalue weighted by atomic mass is 9.91. The Morgan fingerprint density at radius 2 is 1.87 bits per heavy atom. The van der Waals surface area contributed by atoms with Crippen molar-refractivity contribution in [3.8, 4) is 17.2 Å². The maximum absolute atomic E-state index is 13.4. The number of hydrogen-bond acceptors (Lipinski definition) is 6. The Balaban J connectivity index is 1.08. The molecule has 0 amide bonds. The van der Waals surface area contributed by atoms with Crippen molar-refractivity contribution in [3.63, 3.8) is 0 Å². The quantitative estimate of drug-likeness (QED) is 0.541. The third-order valence-electron chi connectivity index (χ3n) is 5.68. The number of likely N-dealkylation sites (tertiary alicyclic amines) is 1.